The van der Waals surface area contributed by atoms with Gasteiger partial charge in [0.2, 0.25) is 17.7 Å². The van der Waals surface area contributed by atoms with Gasteiger partial charge in [0.1, 0.15) is 17.8 Å². The minimum absolute atomic E-state index is 0.146. The van der Waals surface area contributed by atoms with Gasteiger partial charge in [0.05, 0.1) is 13.2 Å². The van der Waals surface area contributed by atoms with Crippen LogP contribution in [0.25, 0.3) is 0 Å². The largest absolute Gasteiger partial charge is 0.497 e. The summed E-state index contributed by atoms with van der Waals surface area (Å²) < 4.78 is 5.17. The quantitative estimate of drug-likeness (QED) is 0.365. The number of carbonyl (C=O) groups is 4. The highest BCUT2D eigenvalue weighted by Crippen LogP contribution is 2.22. The van der Waals surface area contributed by atoms with E-state index in [1.807, 2.05) is 0 Å². The summed E-state index contributed by atoms with van der Waals surface area (Å²) in [5.74, 6) is -0.903. The Morgan fingerprint density at radius 3 is 2.50 bits per heavy atom. The lowest BCUT2D eigenvalue weighted by molar-refractivity contribution is -0.144. The van der Waals surface area contributed by atoms with E-state index in [1.54, 1.807) is 48.4 Å². The van der Waals surface area contributed by atoms with E-state index >= 15 is 0 Å². The Labute approximate surface area is 221 Å². The van der Waals surface area contributed by atoms with E-state index in [9.17, 15) is 19.2 Å². The summed E-state index contributed by atoms with van der Waals surface area (Å²) in [5, 5.41) is 8.93. The molecule has 4 unspecified atom stereocenters. The maximum Gasteiger partial charge on any atom is 0.251 e. The third-order valence-electron chi connectivity index (χ3n) is 7.08. The van der Waals surface area contributed by atoms with Crippen molar-refractivity contribution in [1.82, 2.24) is 25.8 Å². The van der Waals surface area contributed by atoms with E-state index in [2.05, 4.69) is 20.9 Å². The Balaban J connectivity index is 1.49. The normalized spacial score (nSPS) is 21.8. The van der Waals surface area contributed by atoms with Gasteiger partial charge >= 0.3 is 0 Å². The molecule has 0 bridgehead atoms. The molecule has 4 amide bonds. The molecule has 2 aromatic rings. The second kappa shape index (κ2) is 12.5. The average molecular weight is 523 g/mol. The predicted molar refractivity (Wildman–Crippen MR) is 139 cm³/mol. The van der Waals surface area contributed by atoms with E-state index in [0.717, 1.165) is 18.5 Å². The molecule has 2 saturated heterocycles. The molecule has 5 N–H and O–H groups in total. The Morgan fingerprint density at radius 1 is 1.13 bits per heavy atom. The molecule has 0 radical (unpaired) electrons. The molecule has 11 heteroatoms. The number of carbonyl (C=O) groups excluding carboxylic acids is 4. The molecule has 11 nitrogen and oxygen atoms in total. The Kier molecular flexibility index (Phi) is 8.90. The highest BCUT2D eigenvalue weighted by molar-refractivity contribution is 5.95. The third kappa shape index (κ3) is 6.65. The number of methoxy groups -OCH3 is 1. The topological polar surface area (TPSA) is 156 Å². The van der Waals surface area contributed by atoms with Crippen molar-refractivity contribution in [2.24, 2.45) is 5.73 Å². The molecule has 2 fully saturated rings. The molecule has 3 heterocycles. The van der Waals surface area contributed by atoms with Crippen molar-refractivity contribution in [3.8, 4) is 5.75 Å². The van der Waals surface area contributed by atoms with E-state index in [0.29, 0.717) is 30.7 Å². The van der Waals surface area contributed by atoms with Gasteiger partial charge in [-0.3, -0.25) is 24.2 Å². The van der Waals surface area contributed by atoms with Crippen molar-refractivity contribution in [2.75, 3.05) is 20.2 Å². The highest BCUT2D eigenvalue weighted by Gasteiger charge is 2.40. The molecule has 1 aromatic carbocycles. The van der Waals surface area contributed by atoms with Gasteiger partial charge in [-0.25, -0.2) is 0 Å². The van der Waals surface area contributed by atoms with Crippen molar-refractivity contribution < 1.29 is 23.9 Å². The second-order valence-electron chi connectivity index (χ2n) is 9.64. The first-order valence-corrected chi connectivity index (χ1v) is 12.8. The Morgan fingerprint density at radius 2 is 1.87 bits per heavy atom. The number of amides is 4. The lowest BCUT2D eigenvalue weighted by atomic mass is 9.94. The number of primary amides is 1. The summed E-state index contributed by atoms with van der Waals surface area (Å²) >= 11 is 0. The van der Waals surface area contributed by atoms with E-state index in [1.165, 1.54) is 12.4 Å². The molecule has 4 atom stereocenters. The zero-order chi connectivity index (χ0) is 27.1. The van der Waals surface area contributed by atoms with E-state index in [-0.39, 0.29) is 36.7 Å². The minimum atomic E-state index is -0.968. The summed E-state index contributed by atoms with van der Waals surface area (Å²) in [6.45, 7) is 1.05. The van der Waals surface area contributed by atoms with Gasteiger partial charge in [0, 0.05) is 37.0 Å². The summed E-state index contributed by atoms with van der Waals surface area (Å²) in [4.78, 5) is 57.4. The van der Waals surface area contributed by atoms with Crippen molar-refractivity contribution in [2.45, 2.75) is 56.3 Å². The molecule has 2 aliphatic rings. The predicted octanol–water partition coefficient (Wildman–Crippen LogP) is 0.144. The zero-order valence-corrected chi connectivity index (χ0v) is 21.4. The number of benzene rings is 1. The number of piperidine rings is 1. The maximum absolute atomic E-state index is 13.6. The molecule has 0 aliphatic carbocycles. The van der Waals surface area contributed by atoms with Gasteiger partial charge < -0.3 is 31.3 Å². The number of hydrogen-bond donors (Lipinski definition) is 4. The van der Waals surface area contributed by atoms with Crippen molar-refractivity contribution in [1.29, 1.82) is 0 Å². The smallest absolute Gasteiger partial charge is 0.251 e. The van der Waals surface area contributed by atoms with Crippen molar-refractivity contribution in [3.05, 3.63) is 59.9 Å². The van der Waals surface area contributed by atoms with Crippen LogP contribution in [-0.4, -0.2) is 77.9 Å². The fraction of sp³-hybridized carbons (Fsp3) is 0.444. The molecule has 202 valence electrons. The number of nitrogens with one attached hydrogen (secondary N) is 3. The monoisotopic (exact) mass is 522 g/mol. The van der Waals surface area contributed by atoms with Gasteiger partial charge in [-0.1, -0.05) is 12.1 Å². The molecular weight excluding hydrogens is 488 g/mol. The summed E-state index contributed by atoms with van der Waals surface area (Å²) in [6.07, 6.45) is 5.57. The lowest BCUT2D eigenvalue weighted by Crippen LogP contribution is -2.61. The van der Waals surface area contributed by atoms with Crippen LogP contribution in [0.3, 0.4) is 0 Å². The van der Waals surface area contributed by atoms with Gasteiger partial charge in [0.15, 0.2) is 0 Å². The minimum Gasteiger partial charge on any atom is -0.497 e. The van der Waals surface area contributed by atoms with E-state index in [4.69, 9.17) is 10.5 Å². The fourth-order valence-corrected chi connectivity index (χ4v) is 4.96. The van der Waals surface area contributed by atoms with Crippen LogP contribution >= 0.6 is 0 Å². The SMILES string of the molecule is COc1ccc(CC(NC(=O)C2CC(NC(=O)c3ccncc3)CCN2C(=O)C2CCCN2)C(N)=O)cc1. The van der Waals surface area contributed by atoms with Crippen LogP contribution in [0.4, 0.5) is 0 Å². The number of ether oxygens (including phenoxy) is 1. The summed E-state index contributed by atoms with van der Waals surface area (Å²) in [6, 6.07) is 7.84. The van der Waals surface area contributed by atoms with Crippen LogP contribution in [-0.2, 0) is 20.8 Å². The molecule has 0 spiro atoms. The second-order valence-corrected chi connectivity index (χ2v) is 9.64. The van der Waals surface area contributed by atoms with E-state index < -0.39 is 23.9 Å². The molecular formula is C27H34N6O5. The number of likely N-dealkylation sites (tertiary alicyclic amines) is 1. The first kappa shape index (κ1) is 27.1. The first-order valence-electron chi connectivity index (χ1n) is 12.8. The van der Waals surface area contributed by atoms with Gasteiger partial charge in [-0.15, -0.1) is 0 Å². The van der Waals surface area contributed by atoms with Gasteiger partial charge in [-0.05, 0) is 62.1 Å². The highest BCUT2D eigenvalue weighted by atomic mass is 16.5. The molecule has 2 aliphatic heterocycles. The van der Waals surface area contributed by atoms with Crippen LogP contribution in [0.1, 0.15) is 41.6 Å². The Bertz CT molecular complexity index is 1140. The zero-order valence-electron chi connectivity index (χ0n) is 21.4. The number of nitrogens with two attached hydrogens (primary N) is 1. The van der Waals surface area contributed by atoms with Crippen LogP contribution in [0.5, 0.6) is 5.75 Å². The first-order chi connectivity index (χ1) is 18.4. The third-order valence-corrected chi connectivity index (χ3v) is 7.08. The van der Waals surface area contributed by atoms with Crippen molar-refractivity contribution >= 4 is 23.6 Å². The number of pyridine rings is 1. The number of rotatable bonds is 9. The standard InChI is InChI=1S/C27H34N6O5/c1-38-20-6-4-17(5-7-20)15-22(24(28)34)32-26(36)23-16-19(31-25(35)18-8-12-29-13-9-18)10-14-33(23)27(37)21-3-2-11-30-21/h4-9,12-13,19,21-23,30H,2-3,10-11,14-16H2,1H3,(H2,28,34)(H,31,35)(H,32,36). The maximum atomic E-state index is 13.6. The molecule has 38 heavy (non-hydrogen) atoms. The van der Waals surface area contributed by atoms with Gasteiger partial charge in [-0.2, -0.15) is 0 Å². The molecule has 4 rings (SSSR count). The number of nitrogens with zero attached hydrogens (tertiary/aromatic N) is 2. The number of aromatic nitrogens is 1. The average Bonchev–Trinajstić information content (AvgIpc) is 3.48. The lowest BCUT2D eigenvalue weighted by Gasteiger charge is -2.40. The van der Waals surface area contributed by atoms with Crippen molar-refractivity contribution in [3.63, 3.8) is 0 Å². The van der Waals surface area contributed by atoms with Crippen LogP contribution in [0, 0.1) is 0 Å². The van der Waals surface area contributed by atoms with Crippen LogP contribution < -0.4 is 26.4 Å². The fourth-order valence-electron chi connectivity index (χ4n) is 4.96. The molecule has 1 aromatic heterocycles. The number of hydrogen-bond acceptors (Lipinski definition) is 7. The van der Waals surface area contributed by atoms with Crippen LogP contribution in [0.15, 0.2) is 48.8 Å². The summed E-state index contributed by atoms with van der Waals surface area (Å²) in [5.41, 5.74) is 6.90. The molecule has 0 saturated carbocycles. The Hall–Kier alpha value is -3.99. The van der Waals surface area contributed by atoms with Gasteiger partial charge in [0.25, 0.3) is 5.91 Å². The van der Waals surface area contributed by atoms with Crippen LogP contribution in [0.2, 0.25) is 0 Å². The summed E-state index contributed by atoms with van der Waals surface area (Å²) in [7, 11) is 1.56.